The molecular weight excluding hydrogens is 281 g/mol. The number of hydrogen-bond acceptors (Lipinski definition) is 3. The summed E-state index contributed by atoms with van der Waals surface area (Å²) in [6.07, 6.45) is 0. The van der Waals surface area contributed by atoms with Gasteiger partial charge in [0, 0.05) is 17.3 Å². The molecule has 0 aliphatic rings. The molecule has 0 atom stereocenters. The van der Waals surface area contributed by atoms with Gasteiger partial charge in [-0.25, -0.2) is 9.37 Å². The topological polar surface area (TPSA) is 43.1 Å². The third-order valence-corrected chi connectivity index (χ3v) is 3.21. The second-order valence-electron chi connectivity index (χ2n) is 4.40. The summed E-state index contributed by atoms with van der Waals surface area (Å²) in [5.41, 5.74) is 2.25. The Kier molecular flexibility index (Phi) is 3.03. The molecule has 3 rings (SSSR count). The summed E-state index contributed by atoms with van der Waals surface area (Å²) >= 11 is 5.67. The van der Waals surface area contributed by atoms with Gasteiger partial charge in [-0.3, -0.25) is 4.79 Å². The summed E-state index contributed by atoms with van der Waals surface area (Å²) in [5.74, 6) is -0.770. The SMILES string of the molecule is Cc1ccc2oc(C(=O)c3ccc(F)c(Cl)c3)cc2n1. The van der Waals surface area contributed by atoms with Crippen molar-refractivity contribution in [1.82, 2.24) is 4.98 Å². The van der Waals surface area contributed by atoms with Gasteiger partial charge in [0.2, 0.25) is 5.78 Å². The molecule has 3 nitrogen and oxygen atoms in total. The number of nitrogens with zero attached hydrogens (tertiary/aromatic N) is 1. The average Bonchev–Trinajstić information content (AvgIpc) is 2.84. The molecule has 0 radical (unpaired) electrons. The minimum Gasteiger partial charge on any atom is -0.451 e. The van der Waals surface area contributed by atoms with Crippen molar-refractivity contribution >= 4 is 28.5 Å². The Morgan fingerprint density at radius 2 is 2.05 bits per heavy atom. The smallest absolute Gasteiger partial charge is 0.228 e. The van der Waals surface area contributed by atoms with Crippen LogP contribution in [-0.2, 0) is 0 Å². The number of benzene rings is 1. The molecule has 0 unspecified atom stereocenters. The number of aryl methyl sites for hydroxylation is 1. The van der Waals surface area contributed by atoms with E-state index in [2.05, 4.69) is 4.98 Å². The van der Waals surface area contributed by atoms with E-state index in [1.54, 1.807) is 18.2 Å². The van der Waals surface area contributed by atoms with Crippen molar-refractivity contribution in [2.45, 2.75) is 6.92 Å². The lowest BCUT2D eigenvalue weighted by Gasteiger charge is -1.99. The maximum Gasteiger partial charge on any atom is 0.228 e. The Morgan fingerprint density at radius 3 is 2.80 bits per heavy atom. The summed E-state index contributed by atoms with van der Waals surface area (Å²) in [5, 5.41) is -0.0964. The molecule has 0 saturated heterocycles. The maximum absolute atomic E-state index is 13.1. The van der Waals surface area contributed by atoms with Crippen molar-refractivity contribution in [2.75, 3.05) is 0 Å². The highest BCUT2D eigenvalue weighted by atomic mass is 35.5. The summed E-state index contributed by atoms with van der Waals surface area (Å²) in [6.45, 7) is 1.85. The van der Waals surface area contributed by atoms with Crippen LogP contribution < -0.4 is 0 Å². The molecule has 100 valence electrons. The Bertz CT molecular complexity index is 826. The first kappa shape index (κ1) is 12.8. The number of hydrogen-bond donors (Lipinski definition) is 0. The van der Waals surface area contributed by atoms with Gasteiger partial charge >= 0.3 is 0 Å². The Labute approximate surface area is 119 Å². The predicted octanol–water partition coefficient (Wildman–Crippen LogP) is 4.16. The third-order valence-electron chi connectivity index (χ3n) is 2.92. The zero-order valence-corrected chi connectivity index (χ0v) is 11.2. The minimum atomic E-state index is -0.565. The number of furan rings is 1. The minimum absolute atomic E-state index is 0.0964. The number of rotatable bonds is 2. The molecule has 3 aromatic rings. The second kappa shape index (κ2) is 4.72. The molecule has 2 heterocycles. The Balaban J connectivity index is 2.05. The number of carbonyl (C=O) groups is 1. The molecular formula is C15H9ClFNO2. The molecule has 0 spiro atoms. The van der Waals surface area contributed by atoms with Gasteiger partial charge in [-0.15, -0.1) is 0 Å². The number of pyridine rings is 1. The molecule has 0 aliphatic heterocycles. The zero-order valence-electron chi connectivity index (χ0n) is 10.5. The predicted molar refractivity (Wildman–Crippen MR) is 73.6 cm³/mol. The number of aromatic nitrogens is 1. The van der Waals surface area contributed by atoms with Crippen molar-refractivity contribution in [1.29, 1.82) is 0 Å². The highest BCUT2D eigenvalue weighted by Crippen LogP contribution is 2.22. The summed E-state index contributed by atoms with van der Waals surface area (Å²) in [7, 11) is 0. The normalized spacial score (nSPS) is 10.9. The second-order valence-corrected chi connectivity index (χ2v) is 4.81. The molecule has 0 amide bonds. The van der Waals surface area contributed by atoms with Crippen LogP contribution in [0.2, 0.25) is 5.02 Å². The van der Waals surface area contributed by atoms with Crippen molar-refractivity contribution in [3.63, 3.8) is 0 Å². The first-order valence-electron chi connectivity index (χ1n) is 5.91. The van der Waals surface area contributed by atoms with E-state index in [1.165, 1.54) is 12.1 Å². The van der Waals surface area contributed by atoms with Gasteiger partial charge in [0.25, 0.3) is 0 Å². The average molecular weight is 290 g/mol. The van der Waals surface area contributed by atoms with Gasteiger partial charge < -0.3 is 4.42 Å². The highest BCUT2D eigenvalue weighted by molar-refractivity contribution is 6.31. The quantitative estimate of drug-likeness (QED) is 0.665. The van der Waals surface area contributed by atoms with E-state index in [-0.39, 0.29) is 22.1 Å². The lowest BCUT2D eigenvalue weighted by molar-refractivity contribution is 0.101. The van der Waals surface area contributed by atoms with Crippen molar-refractivity contribution in [3.8, 4) is 0 Å². The van der Waals surface area contributed by atoms with Gasteiger partial charge in [-0.05, 0) is 37.3 Å². The van der Waals surface area contributed by atoms with Crippen LogP contribution in [0, 0.1) is 12.7 Å². The van der Waals surface area contributed by atoms with Gasteiger partial charge in [0.1, 0.15) is 11.3 Å². The Morgan fingerprint density at radius 1 is 1.25 bits per heavy atom. The van der Waals surface area contributed by atoms with E-state index in [1.807, 2.05) is 6.92 Å². The number of fused-ring (bicyclic) bond motifs is 1. The van der Waals surface area contributed by atoms with Crippen LogP contribution >= 0.6 is 11.6 Å². The van der Waals surface area contributed by atoms with E-state index in [4.69, 9.17) is 16.0 Å². The zero-order chi connectivity index (χ0) is 14.3. The summed E-state index contributed by atoms with van der Waals surface area (Å²) < 4.78 is 18.6. The fourth-order valence-electron chi connectivity index (χ4n) is 1.92. The molecule has 20 heavy (non-hydrogen) atoms. The van der Waals surface area contributed by atoms with Gasteiger partial charge in [0.05, 0.1) is 5.02 Å². The lowest BCUT2D eigenvalue weighted by atomic mass is 10.1. The molecule has 5 heteroatoms. The van der Waals surface area contributed by atoms with Crippen LogP contribution in [0.1, 0.15) is 21.8 Å². The number of halogens is 2. The van der Waals surface area contributed by atoms with E-state index in [0.717, 1.165) is 11.8 Å². The molecule has 0 fully saturated rings. The first-order chi connectivity index (χ1) is 9.54. The highest BCUT2D eigenvalue weighted by Gasteiger charge is 2.16. The number of carbonyl (C=O) groups excluding carboxylic acids is 1. The standard InChI is InChI=1S/C15H9ClFNO2/c1-8-2-5-13-12(18-8)7-14(20-13)15(19)9-3-4-11(17)10(16)6-9/h2-7H,1H3. The largest absolute Gasteiger partial charge is 0.451 e. The van der Waals surface area contributed by atoms with Crippen LogP contribution in [0.25, 0.3) is 11.1 Å². The molecule has 2 aromatic heterocycles. The molecule has 0 aliphatic carbocycles. The van der Waals surface area contributed by atoms with Crippen molar-refractivity contribution in [2.24, 2.45) is 0 Å². The molecule has 0 bridgehead atoms. The molecule has 0 N–H and O–H groups in total. The maximum atomic E-state index is 13.1. The first-order valence-corrected chi connectivity index (χ1v) is 6.29. The molecule has 0 saturated carbocycles. The van der Waals surface area contributed by atoms with Gasteiger partial charge in [0.15, 0.2) is 11.3 Å². The van der Waals surface area contributed by atoms with Crippen LogP contribution in [0.5, 0.6) is 0 Å². The van der Waals surface area contributed by atoms with Gasteiger partial charge in [-0.2, -0.15) is 0 Å². The summed E-state index contributed by atoms with van der Waals surface area (Å²) in [4.78, 5) is 16.5. The van der Waals surface area contributed by atoms with Crippen molar-refractivity contribution in [3.05, 3.63) is 64.3 Å². The van der Waals surface area contributed by atoms with Crippen LogP contribution in [-0.4, -0.2) is 10.8 Å². The van der Waals surface area contributed by atoms with E-state index >= 15 is 0 Å². The number of ketones is 1. The third kappa shape index (κ3) is 2.18. The van der Waals surface area contributed by atoms with E-state index in [0.29, 0.717) is 11.1 Å². The fourth-order valence-corrected chi connectivity index (χ4v) is 2.10. The van der Waals surface area contributed by atoms with Crippen LogP contribution in [0.4, 0.5) is 4.39 Å². The fraction of sp³-hybridized carbons (Fsp3) is 0.0667. The van der Waals surface area contributed by atoms with Gasteiger partial charge in [-0.1, -0.05) is 11.6 Å². The molecule has 1 aromatic carbocycles. The monoisotopic (exact) mass is 289 g/mol. The van der Waals surface area contributed by atoms with E-state index < -0.39 is 5.82 Å². The van der Waals surface area contributed by atoms with Crippen LogP contribution in [0.3, 0.4) is 0 Å². The van der Waals surface area contributed by atoms with Crippen LogP contribution in [0.15, 0.2) is 40.8 Å². The lowest BCUT2D eigenvalue weighted by Crippen LogP contribution is -1.99. The summed E-state index contributed by atoms with van der Waals surface area (Å²) in [6, 6.07) is 8.93. The Hall–Kier alpha value is -2.20. The van der Waals surface area contributed by atoms with E-state index in [9.17, 15) is 9.18 Å². The van der Waals surface area contributed by atoms with Crippen molar-refractivity contribution < 1.29 is 13.6 Å².